The van der Waals surface area contributed by atoms with Crippen LogP contribution in [0.3, 0.4) is 0 Å². The largest absolute Gasteiger partial charge is 0.466 e. The van der Waals surface area contributed by atoms with E-state index in [2.05, 4.69) is 10.6 Å². The van der Waals surface area contributed by atoms with Crippen molar-refractivity contribution in [2.24, 2.45) is 0 Å². The summed E-state index contributed by atoms with van der Waals surface area (Å²) in [6.45, 7) is 7.66. The molecule has 0 saturated heterocycles. The first kappa shape index (κ1) is 28.7. The van der Waals surface area contributed by atoms with Gasteiger partial charge in [0.25, 0.3) is 10.1 Å². The summed E-state index contributed by atoms with van der Waals surface area (Å²) < 4.78 is 46.9. The van der Waals surface area contributed by atoms with Gasteiger partial charge in [0, 0.05) is 34.1 Å². The highest BCUT2D eigenvalue weighted by Crippen LogP contribution is 2.26. The predicted molar refractivity (Wildman–Crippen MR) is 127 cm³/mol. The molecule has 0 aromatic heterocycles. The lowest BCUT2D eigenvalue weighted by Crippen LogP contribution is -2.36. The Morgan fingerprint density at radius 3 is 1.94 bits per heavy atom. The maximum atomic E-state index is 12.6. The van der Waals surface area contributed by atoms with Gasteiger partial charge in [-0.1, -0.05) is 12.1 Å². The predicted octanol–water partition coefficient (Wildman–Crippen LogP) is 2.49. The van der Waals surface area contributed by atoms with Crippen LogP contribution in [0.4, 0.5) is 11.4 Å². The Labute approximate surface area is 197 Å². The molecule has 0 bridgehead atoms. The van der Waals surface area contributed by atoms with Gasteiger partial charge in [0.05, 0.1) is 24.4 Å². The van der Waals surface area contributed by atoms with Crippen molar-refractivity contribution in [2.45, 2.75) is 63.4 Å². The first-order chi connectivity index (χ1) is 15.1. The Morgan fingerprint density at radius 2 is 1.48 bits per heavy atom. The molecule has 0 fully saturated rings. The number of nitrogens with one attached hydrogen (secondary N) is 2. The molecule has 1 unspecified atom stereocenters. The second-order valence-electron chi connectivity index (χ2n) is 8.59. The summed E-state index contributed by atoms with van der Waals surface area (Å²) in [6, 6.07) is 6.33. The summed E-state index contributed by atoms with van der Waals surface area (Å²) in [5, 5.41) is 5.19. The normalized spacial score (nSPS) is 13.2. The Morgan fingerprint density at radius 1 is 1.00 bits per heavy atom. The van der Waals surface area contributed by atoms with Gasteiger partial charge in [0.1, 0.15) is 4.75 Å². The maximum Gasteiger partial charge on any atom is 0.306 e. The summed E-state index contributed by atoms with van der Waals surface area (Å²) in [5.41, 5.74) is 0.511. The number of carbonyl (C=O) groups is 3. The molecule has 0 saturated carbocycles. The lowest BCUT2D eigenvalue weighted by Gasteiger charge is -2.24. The minimum absolute atomic E-state index is 0.0136. The van der Waals surface area contributed by atoms with E-state index in [0.717, 1.165) is 0 Å². The monoisotopic (exact) mass is 504 g/mol. The number of esters is 1. The zero-order valence-corrected chi connectivity index (χ0v) is 21.1. The molecule has 0 spiro atoms. The molecule has 1 aromatic rings. The lowest BCUT2D eigenvalue weighted by atomic mass is 10.1. The van der Waals surface area contributed by atoms with Crippen LogP contribution in [0.25, 0.3) is 0 Å². The average molecular weight is 505 g/mol. The van der Waals surface area contributed by atoms with Gasteiger partial charge < -0.3 is 15.4 Å². The molecule has 10 nitrogen and oxygen atoms in total. The van der Waals surface area contributed by atoms with Crippen molar-refractivity contribution in [3.63, 3.8) is 0 Å². The standard InChI is InChI=1S/C21H32N2O8S2/c1-6-31-19(26)11-12-32(27)20(2,3)13-17(24)22-15-9-7-8-10-16(15)23-18(25)14-21(4,5)33(28,29)30/h7-10H,6,11-14H2,1-5H3,(H,22,24)(H,23,25)(H,28,29,30). The van der Waals surface area contributed by atoms with Crippen LogP contribution in [0.5, 0.6) is 0 Å². The fourth-order valence-corrected chi connectivity index (χ4v) is 4.23. The number of carbonyl (C=O) groups excluding carboxylic acids is 3. The summed E-state index contributed by atoms with van der Waals surface area (Å²) in [7, 11) is -5.93. The molecule has 2 amide bonds. The summed E-state index contributed by atoms with van der Waals surface area (Å²) in [5.74, 6) is -1.51. The molecule has 1 aromatic carbocycles. The van der Waals surface area contributed by atoms with Crippen LogP contribution in [0.2, 0.25) is 0 Å². The minimum Gasteiger partial charge on any atom is -0.466 e. The molecule has 0 aliphatic carbocycles. The zero-order valence-electron chi connectivity index (χ0n) is 19.5. The highest BCUT2D eigenvalue weighted by atomic mass is 32.2. The Balaban J connectivity index is 2.81. The zero-order chi connectivity index (χ0) is 25.4. The summed E-state index contributed by atoms with van der Waals surface area (Å²) in [6.07, 6.45) is -0.624. The summed E-state index contributed by atoms with van der Waals surface area (Å²) >= 11 is 0. The van der Waals surface area contributed by atoms with Crippen LogP contribution >= 0.6 is 0 Å². The van der Waals surface area contributed by atoms with E-state index in [1.54, 1.807) is 39.0 Å². The highest BCUT2D eigenvalue weighted by Gasteiger charge is 2.35. The van der Waals surface area contributed by atoms with Crippen LogP contribution < -0.4 is 10.6 Å². The maximum absolute atomic E-state index is 12.6. The molecule has 33 heavy (non-hydrogen) atoms. The highest BCUT2D eigenvalue weighted by molar-refractivity contribution is 7.87. The number of hydrogen-bond acceptors (Lipinski definition) is 7. The van der Waals surface area contributed by atoms with E-state index in [1.807, 2.05) is 0 Å². The molecular formula is C21H32N2O8S2. The number of hydrogen-bond donors (Lipinski definition) is 3. The van der Waals surface area contributed by atoms with Crippen molar-refractivity contribution in [3.8, 4) is 0 Å². The number of anilines is 2. The Bertz CT molecular complexity index is 1000. The van der Waals surface area contributed by atoms with E-state index in [-0.39, 0.29) is 36.6 Å². The van der Waals surface area contributed by atoms with E-state index in [9.17, 15) is 31.6 Å². The van der Waals surface area contributed by atoms with E-state index >= 15 is 0 Å². The minimum atomic E-state index is -4.45. The van der Waals surface area contributed by atoms with Gasteiger partial charge in [-0.3, -0.25) is 23.1 Å². The Kier molecular flexibility index (Phi) is 10.2. The molecular weight excluding hydrogens is 472 g/mol. The fourth-order valence-electron chi connectivity index (χ4n) is 2.72. The van der Waals surface area contributed by atoms with E-state index in [1.165, 1.54) is 19.9 Å². The van der Waals surface area contributed by atoms with Gasteiger partial charge in [-0.25, -0.2) is 0 Å². The van der Waals surface area contributed by atoms with Gasteiger partial charge in [-0.05, 0) is 46.8 Å². The molecule has 3 N–H and O–H groups in total. The SMILES string of the molecule is CCOC(=O)CCS(=O)C(C)(C)CC(=O)Nc1ccccc1NC(=O)CC(C)(C)S(=O)(=O)O. The third-order valence-electron chi connectivity index (χ3n) is 4.76. The lowest BCUT2D eigenvalue weighted by molar-refractivity contribution is -0.142. The molecule has 1 atom stereocenters. The number of ether oxygens (including phenoxy) is 1. The molecule has 0 aliphatic rings. The van der Waals surface area contributed by atoms with Crippen LogP contribution in [0, 0.1) is 0 Å². The van der Waals surface area contributed by atoms with Gasteiger partial charge in [-0.15, -0.1) is 0 Å². The first-order valence-corrected chi connectivity index (χ1v) is 13.0. The quantitative estimate of drug-likeness (QED) is 0.289. The topological polar surface area (TPSA) is 156 Å². The van der Waals surface area contributed by atoms with Crippen molar-refractivity contribution in [3.05, 3.63) is 24.3 Å². The Hall–Kier alpha value is -2.31. The first-order valence-electron chi connectivity index (χ1n) is 10.3. The van der Waals surface area contributed by atoms with Gasteiger partial charge in [0.2, 0.25) is 11.8 Å². The smallest absolute Gasteiger partial charge is 0.306 e. The van der Waals surface area contributed by atoms with Crippen LogP contribution in [0.15, 0.2) is 24.3 Å². The molecule has 186 valence electrons. The molecule has 1 rings (SSSR count). The molecule has 12 heteroatoms. The average Bonchev–Trinajstić information content (AvgIpc) is 2.66. The van der Waals surface area contributed by atoms with E-state index in [4.69, 9.17) is 4.74 Å². The second-order valence-corrected chi connectivity index (χ2v) is 12.9. The van der Waals surface area contributed by atoms with Crippen molar-refractivity contribution in [1.82, 2.24) is 0 Å². The van der Waals surface area contributed by atoms with Gasteiger partial charge in [0.15, 0.2) is 0 Å². The van der Waals surface area contributed by atoms with Crippen molar-refractivity contribution in [1.29, 1.82) is 0 Å². The van der Waals surface area contributed by atoms with Crippen LogP contribution in [-0.4, -0.2) is 56.8 Å². The van der Waals surface area contributed by atoms with Gasteiger partial charge in [-0.2, -0.15) is 8.42 Å². The van der Waals surface area contributed by atoms with E-state index in [0.29, 0.717) is 0 Å². The number of rotatable bonds is 12. The number of amides is 2. The number of para-hydroxylation sites is 2. The third kappa shape index (κ3) is 9.22. The fraction of sp³-hybridized carbons (Fsp3) is 0.571. The molecule has 0 aliphatic heterocycles. The summed E-state index contributed by atoms with van der Waals surface area (Å²) in [4.78, 5) is 36.4. The molecule has 0 radical (unpaired) electrons. The van der Waals surface area contributed by atoms with Gasteiger partial charge >= 0.3 is 5.97 Å². The van der Waals surface area contributed by atoms with Crippen molar-refractivity contribution >= 4 is 50.1 Å². The van der Waals surface area contributed by atoms with Crippen molar-refractivity contribution in [2.75, 3.05) is 23.0 Å². The molecule has 0 heterocycles. The second kappa shape index (κ2) is 11.7. The van der Waals surface area contributed by atoms with Crippen molar-refractivity contribution < 1.29 is 36.3 Å². The van der Waals surface area contributed by atoms with Crippen LogP contribution in [0.1, 0.15) is 53.9 Å². The third-order valence-corrected chi connectivity index (χ3v) is 8.25. The van der Waals surface area contributed by atoms with Crippen LogP contribution in [-0.2, 0) is 40.0 Å². The van der Waals surface area contributed by atoms with E-state index < -0.39 is 54.6 Å². The number of benzene rings is 1.